The molecule has 22 heavy (non-hydrogen) atoms. The van der Waals surface area contributed by atoms with Gasteiger partial charge in [-0.1, -0.05) is 11.8 Å². The molecule has 0 spiro atoms. The fraction of sp³-hybridized carbons (Fsp3) is 0.286. The molecule has 0 aromatic carbocycles. The second-order valence-electron chi connectivity index (χ2n) is 4.78. The summed E-state index contributed by atoms with van der Waals surface area (Å²) >= 11 is 3.06. The fourth-order valence-electron chi connectivity index (χ4n) is 2.00. The van der Waals surface area contributed by atoms with E-state index in [-0.39, 0.29) is 5.91 Å². The van der Waals surface area contributed by atoms with E-state index in [0.29, 0.717) is 12.3 Å². The molecule has 1 amide bonds. The van der Waals surface area contributed by atoms with Gasteiger partial charge in [-0.15, -0.1) is 11.3 Å². The smallest absolute Gasteiger partial charge is 0.230 e. The Labute approximate surface area is 136 Å². The van der Waals surface area contributed by atoms with Crippen LogP contribution in [0.1, 0.15) is 10.4 Å². The van der Waals surface area contributed by atoms with Crippen LogP contribution in [0.2, 0.25) is 0 Å². The molecule has 0 saturated carbocycles. The third kappa shape index (κ3) is 3.12. The van der Waals surface area contributed by atoms with Gasteiger partial charge in [-0.2, -0.15) is 5.10 Å². The normalized spacial score (nSPS) is 11.0. The molecule has 0 saturated heterocycles. The Morgan fingerprint density at radius 1 is 1.45 bits per heavy atom. The summed E-state index contributed by atoms with van der Waals surface area (Å²) in [5, 5.41) is 10.8. The molecule has 3 heterocycles. The fourth-order valence-corrected chi connectivity index (χ4v) is 3.64. The SMILES string of the molecule is Cc1ccsc1CNC(=O)CSc1ncnc2c1cnn2C. The summed E-state index contributed by atoms with van der Waals surface area (Å²) in [5.74, 6) is 0.319. The lowest BCUT2D eigenvalue weighted by molar-refractivity contribution is -0.118. The minimum Gasteiger partial charge on any atom is -0.350 e. The van der Waals surface area contributed by atoms with E-state index in [1.807, 2.05) is 19.4 Å². The monoisotopic (exact) mass is 333 g/mol. The van der Waals surface area contributed by atoms with Crippen LogP contribution in [0.25, 0.3) is 11.0 Å². The molecule has 0 aliphatic heterocycles. The third-order valence-corrected chi connectivity index (χ3v) is 5.28. The number of aromatic nitrogens is 4. The number of amides is 1. The molecule has 0 fully saturated rings. The molecule has 0 bridgehead atoms. The van der Waals surface area contributed by atoms with E-state index in [2.05, 4.69) is 26.4 Å². The van der Waals surface area contributed by atoms with E-state index in [1.165, 1.54) is 28.5 Å². The van der Waals surface area contributed by atoms with Crippen LogP contribution in [0.15, 0.2) is 29.0 Å². The van der Waals surface area contributed by atoms with Gasteiger partial charge in [-0.3, -0.25) is 9.48 Å². The van der Waals surface area contributed by atoms with Gasteiger partial charge in [0, 0.05) is 11.9 Å². The second kappa shape index (κ2) is 6.45. The largest absolute Gasteiger partial charge is 0.350 e. The number of hydrogen-bond donors (Lipinski definition) is 1. The number of thioether (sulfide) groups is 1. The van der Waals surface area contributed by atoms with E-state index < -0.39 is 0 Å². The van der Waals surface area contributed by atoms with E-state index in [0.717, 1.165) is 16.1 Å². The summed E-state index contributed by atoms with van der Waals surface area (Å²) < 4.78 is 1.70. The second-order valence-corrected chi connectivity index (χ2v) is 6.74. The molecule has 0 aliphatic rings. The molecule has 114 valence electrons. The van der Waals surface area contributed by atoms with Crippen molar-refractivity contribution < 1.29 is 4.79 Å². The Morgan fingerprint density at radius 3 is 3.09 bits per heavy atom. The van der Waals surface area contributed by atoms with Crippen LogP contribution < -0.4 is 5.32 Å². The summed E-state index contributed by atoms with van der Waals surface area (Å²) in [4.78, 5) is 21.6. The molecule has 0 radical (unpaired) electrons. The molecular weight excluding hydrogens is 318 g/mol. The number of fused-ring (bicyclic) bond motifs is 1. The first-order valence-corrected chi connectivity index (χ1v) is 8.57. The third-order valence-electron chi connectivity index (χ3n) is 3.25. The van der Waals surface area contributed by atoms with Gasteiger partial charge in [0.2, 0.25) is 5.91 Å². The number of aryl methyl sites for hydroxylation is 2. The molecule has 3 rings (SSSR count). The maximum atomic E-state index is 12.0. The first-order chi connectivity index (χ1) is 10.6. The van der Waals surface area contributed by atoms with E-state index in [1.54, 1.807) is 22.2 Å². The van der Waals surface area contributed by atoms with Crippen molar-refractivity contribution in [3.05, 3.63) is 34.4 Å². The predicted octanol–water partition coefficient (Wildman–Crippen LogP) is 2.14. The van der Waals surface area contributed by atoms with Gasteiger partial charge in [-0.25, -0.2) is 9.97 Å². The minimum atomic E-state index is -0.00606. The molecule has 0 unspecified atom stereocenters. The highest BCUT2D eigenvalue weighted by molar-refractivity contribution is 8.00. The van der Waals surface area contributed by atoms with Crippen molar-refractivity contribution in [2.45, 2.75) is 18.5 Å². The zero-order chi connectivity index (χ0) is 15.5. The number of nitrogens with one attached hydrogen (secondary N) is 1. The molecular formula is C14H15N5OS2. The molecule has 1 N–H and O–H groups in total. The van der Waals surface area contributed by atoms with Gasteiger partial charge in [0.15, 0.2) is 5.65 Å². The van der Waals surface area contributed by atoms with Crippen LogP contribution in [0.5, 0.6) is 0 Å². The topological polar surface area (TPSA) is 72.7 Å². The van der Waals surface area contributed by atoms with Crippen LogP contribution in [-0.2, 0) is 18.4 Å². The van der Waals surface area contributed by atoms with Crippen molar-refractivity contribution in [3.8, 4) is 0 Å². The summed E-state index contributed by atoms with van der Waals surface area (Å²) in [5.41, 5.74) is 1.98. The maximum absolute atomic E-state index is 12.0. The number of carbonyl (C=O) groups excluding carboxylic acids is 1. The van der Waals surface area contributed by atoms with Crippen molar-refractivity contribution in [3.63, 3.8) is 0 Å². The number of hydrogen-bond acceptors (Lipinski definition) is 6. The van der Waals surface area contributed by atoms with Gasteiger partial charge in [-0.05, 0) is 23.9 Å². The Hall–Kier alpha value is -1.93. The van der Waals surface area contributed by atoms with Crippen molar-refractivity contribution in [2.24, 2.45) is 7.05 Å². The van der Waals surface area contributed by atoms with Gasteiger partial charge in [0.1, 0.15) is 11.4 Å². The summed E-state index contributed by atoms with van der Waals surface area (Å²) in [6, 6.07) is 2.06. The van der Waals surface area contributed by atoms with Crippen LogP contribution >= 0.6 is 23.1 Å². The number of nitrogens with zero attached hydrogens (tertiary/aromatic N) is 4. The number of rotatable bonds is 5. The van der Waals surface area contributed by atoms with E-state index in [9.17, 15) is 4.79 Å². The number of carbonyl (C=O) groups is 1. The Kier molecular flexibility index (Phi) is 4.39. The summed E-state index contributed by atoms with van der Waals surface area (Å²) in [6.45, 7) is 2.63. The standard InChI is InChI=1S/C14H15N5OS2/c1-9-3-4-21-11(9)6-15-12(20)7-22-14-10-5-18-19(2)13(10)16-8-17-14/h3-5,8H,6-7H2,1-2H3,(H,15,20). The zero-order valence-electron chi connectivity index (χ0n) is 12.2. The van der Waals surface area contributed by atoms with E-state index >= 15 is 0 Å². The van der Waals surface area contributed by atoms with Crippen LogP contribution in [-0.4, -0.2) is 31.4 Å². The van der Waals surface area contributed by atoms with Gasteiger partial charge < -0.3 is 5.32 Å². The first-order valence-electron chi connectivity index (χ1n) is 6.70. The van der Waals surface area contributed by atoms with Crippen molar-refractivity contribution in [1.82, 2.24) is 25.1 Å². The highest BCUT2D eigenvalue weighted by atomic mass is 32.2. The molecule has 0 aliphatic carbocycles. The lowest BCUT2D eigenvalue weighted by atomic mass is 10.3. The van der Waals surface area contributed by atoms with E-state index in [4.69, 9.17) is 0 Å². The molecule has 8 heteroatoms. The lowest BCUT2D eigenvalue weighted by Gasteiger charge is -2.05. The Bertz CT molecular complexity index is 811. The highest BCUT2D eigenvalue weighted by Gasteiger charge is 2.11. The highest BCUT2D eigenvalue weighted by Crippen LogP contribution is 2.23. The maximum Gasteiger partial charge on any atom is 0.230 e. The first kappa shape index (κ1) is 15.0. The van der Waals surface area contributed by atoms with Crippen LogP contribution in [0.4, 0.5) is 0 Å². The van der Waals surface area contributed by atoms with Gasteiger partial charge >= 0.3 is 0 Å². The average Bonchev–Trinajstić information content (AvgIpc) is 3.10. The van der Waals surface area contributed by atoms with Crippen molar-refractivity contribution in [2.75, 3.05) is 5.75 Å². The van der Waals surface area contributed by atoms with Crippen LogP contribution in [0, 0.1) is 6.92 Å². The summed E-state index contributed by atoms with van der Waals surface area (Å²) in [7, 11) is 1.83. The molecule has 0 atom stereocenters. The zero-order valence-corrected chi connectivity index (χ0v) is 13.9. The van der Waals surface area contributed by atoms with Crippen molar-refractivity contribution >= 4 is 40.0 Å². The van der Waals surface area contributed by atoms with Gasteiger partial charge in [0.05, 0.1) is 23.9 Å². The van der Waals surface area contributed by atoms with Crippen LogP contribution in [0.3, 0.4) is 0 Å². The summed E-state index contributed by atoms with van der Waals surface area (Å²) in [6.07, 6.45) is 3.23. The molecule has 6 nitrogen and oxygen atoms in total. The quantitative estimate of drug-likeness (QED) is 0.572. The number of thiophene rings is 1. The molecule has 3 aromatic rings. The molecule has 3 aromatic heterocycles. The van der Waals surface area contributed by atoms with Crippen molar-refractivity contribution in [1.29, 1.82) is 0 Å². The predicted molar refractivity (Wildman–Crippen MR) is 87.9 cm³/mol. The van der Waals surface area contributed by atoms with Gasteiger partial charge in [0.25, 0.3) is 0 Å². The lowest BCUT2D eigenvalue weighted by Crippen LogP contribution is -2.24. The Morgan fingerprint density at radius 2 is 2.32 bits per heavy atom. The minimum absolute atomic E-state index is 0.00606. The Balaban J connectivity index is 1.59. The average molecular weight is 333 g/mol.